The third-order valence-corrected chi connectivity index (χ3v) is 4.20. The van der Waals surface area contributed by atoms with Gasteiger partial charge in [0.25, 0.3) is 0 Å². The maximum Gasteiger partial charge on any atom is 0.407 e. The quantitative estimate of drug-likeness (QED) is 0.450. The SMILES string of the molecule is CCOC(=O)NC(CNC(=NC)NCC(CC)CC)C1CC1. The van der Waals surface area contributed by atoms with Crippen LogP contribution in [0, 0.1) is 11.8 Å². The second-order valence-corrected chi connectivity index (χ2v) is 5.83. The number of nitrogens with zero attached hydrogens (tertiary/aromatic N) is 1. The molecule has 1 aliphatic carbocycles. The summed E-state index contributed by atoms with van der Waals surface area (Å²) in [5.41, 5.74) is 0. The third-order valence-electron chi connectivity index (χ3n) is 4.20. The molecule has 1 atom stereocenters. The zero-order valence-corrected chi connectivity index (χ0v) is 14.4. The van der Waals surface area contributed by atoms with E-state index >= 15 is 0 Å². The van der Waals surface area contributed by atoms with Gasteiger partial charge >= 0.3 is 6.09 Å². The van der Waals surface area contributed by atoms with Crippen LogP contribution in [0.25, 0.3) is 0 Å². The van der Waals surface area contributed by atoms with Crippen molar-refractivity contribution in [3.05, 3.63) is 0 Å². The van der Waals surface area contributed by atoms with Crippen molar-refractivity contribution in [1.29, 1.82) is 0 Å². The molecule has 6 nitrogen and oxygen atoms in total. The summed E-state index contributed by atoms with van der Waals surface area (Å²) in [4.78, 5) is 15.8. The molecule has 128 valence electrons. The summed E-state index contributed by atoms with van der Waals surface area (Å²) in [6.45, 7) is 8.22. The number of hydrogen-bond acceptors (Lipinski definition) is 3. The molecule has 0 saturated heterocycles. The normalized spacial score (nSPS) is 16.3. The van der Waals surface area contributed by atoms with Gasteiger partial charge in [-0.3, -0.25) is 4.99 Å². The third kappa shape index (κ3) is 7.00. The van der Waals surface area contributed by atoms with Crippen molar-refractivity contribution in [1.82, 2.24) is 16.0 Å². The topological polar surface area (TPSA) is 74.8 Å². The van der Waals surface area contributed by atoms with E-state index in [1.54, 1.807) is 7.05 Å². The molecule has 0 heterocycles. The van der Waals surface area contributed by atoms with Gasteiger partial charge in [0, 0.05) is 20.1 Å². The molecule has 0 aromatic heterocycles. The summed E-state index contributed by atoms with van der Waals surface area (Å²) < 4.78 is 4.97. The predicted octanol–water partition coefficient (Wildman–Crippen LogP) is 2.11. The average Bonchev–Trinajstić information content (AvgIpc) is 3.34. The zero-order chi connectivity index (χ0) is 16.4. The van der Waals surface area contributed by atoms with E-state index in [4.69, 9.17) is 4.74 Å². The number of carbonyl (C=O) groups excluding carboxylic acids is 1. The van der Waals surface area contributed by atoms with E-state index in [0.717, 1.165) is 25.3 Å². The van der Waals surface area contributed by atoms with Crippen LogP contribution < -0.4 is 16.0 Å². The Labute approximate surface area is 134 Å². The van der Waals surface area contributed by atoms with Crippen LogP contribution in [0.15, 0.2) is 4.99 Å². The highest BCUT2D eigenvalue weighted by Gasteiger charge is 2.32. The number of carbonyl (C=O) groups is 1. The Morgan fingerprint density at radius 3 is 2.32 bits per heavy atom. The van der Waals surface area contributed by atoms with Gasteiger partial charge in [0.05, 0.1) is 12.6 Å². The highest BCUT2D eigenvalue weighted by molar-refractivity contribution is 5.79. The molecule has 1 saturated carbocycles. The van der Waals surface area contributed by atoms with Crippen molar-refractivity contribution in [3.8, 4) is 0 Å². The first-order valence-corrected chi connectivity index (χ1v) is 8.52. The average molecular weight is 312 g/mol. The number of guanidine groups is 1. The fraction of sp³-hybridized carbons (Fsp3) is 0.875. The van der Waals surface area contributed by atoms with E-state index in [-0.39, 0.29) is 12.1 Å². The maximum absolute atomic E-state index is 11.6. The lowest BCUT2D eigenvalue weighted by Crippen LogP contribution is -2.48. The molecule has 1 rings (SSSR count). The summed E-state index contributed by atoms with van der Waals surface area (Å²) in [6, 6.07) is 0.103. The van der Waals surface area contributed by atoms with Crippen molar-refractivity contribution in [3.63, 3.8) is 0 Å². The fourth-order valence-electron chi connectivity index (χ4n) is 2.40. The van der Waals surface area contributed by atoms with Crippen molar-refractivity contribution in [2.45, 2.75) is 52.5 Å². The minimum Gasteiger partial charge on any atom is -0.450 e. The number of alkyl carbamates (subject to hydrolysis) is 1. The van der Waals surface area contributed by atoms with Gasteiger partial charge in [-0.15, -0.1) is 0 Å². The van der Waals surface area contributed by atoms with Gasteiger partial charge in [0.2, 0.25) is 0 Å². The molecule has 1 amide bonds. The fourth-order valence-corrected chi connectivity index (χ4v) is 2.40. The van der Waals surface area contributed by atoms with Crippen LogP contribution in [0.2, 0.25) is 0 Å². The minimum absolute atomic E-state index is 0.103. The first-order chi connectivity index (χ1) is 10.6. The van der Waals surface area contributed by atoms with Crippen LogP contribution in [0.5, 0.6) is 0 Å². The zero-order valence-electron chi connectivity index (χ0n) is 14.4. The van der Waals surface area contributed by atoms with Crippen LogP contribution in [-0.2, 0) is 4.74 Å². The molecule has 1 unspecified atom stereocenters. The Balaban J connectivity index is 2.37. The molecule has 0 spiro atoms. The Bertz CT molecular complexity index is 352. The minimum atomic E-state index is -0.332. The van der Waals surface area contributed by atoms with Gasteiger partial charge in [0.15, 0.2) is 5.96 Å². The molecule has 0 radical (unpaired) electrons. The lowest BCUT2D eigenvalue weighted by atomic mass is 10.0. The summed E-state index contributed by atoms with van der Waals surface area (Å²) in [5.74, 6) is 2.01. The van der Waals surface area contributed by atoms with E-state index in [9.17, 15) is 4.79 Å². The smallest absolute Gasteiger partial charge is 0.407 e. The molecule has 6 heteroatoms. The highest BCUT2D eigenvalue weighted by atomic mass is 16.5. The summed E-state index contributed by atoms with van der Waals surface area (Å²) in [7, 11) is 1.77. The predicted molar refractivity (Wildman–Crippen MR) is 90.1 cm³/mol. The summed E-state index contributed by atoms with van der Waals surface area (Å²) >= 11 is 0. The second kappa shape index (κ2) is 10.3. The van der Waals surface area contributed by atoms with Gasteiger partial charge < -0.3 is 20.7 Å². The van der Waals surface area contributed by atoms with E-state index in [1.807, 2.05) is 6.92 Å². The van der Waals surface area contributed by atoms with Gasteiger partial charge in [-0.25, -0.2) is 4.79 Å². The molecule has 0 aliphatic heterocycles. The van der Waals surface area contributed by atoms with Crippen LogP contribution in [0.1, 0.15) is 46.5 Å². The Hall–Kier alpha value is -1.46. The van der Waals surface area contributed by atoms with Crippen LogP contribution in [0.3, 0.4) is 0 Å². The molecule has 0 bridgehead atoms. The molecule has 0 aromatic rings. The Morgan fingerprint density at radius 2 is 1.82 bits per heavy atom. The first-order valence-electron chi connectivity index (χ1n) is 8.52. The van der Waals surface area contributed by atoms with E-state index in [2.05, 4.69) is 34.8 Å². The molecule has 22 heavy (non-hydrogen) atoms. The largest absolute Gasteiger partial charge is 0.450 e. The number of amides is 1. The molecule has 1 fully saturated rings. The monoisotopic (exact) mass is 312 g/mol. The number of rotatable bonds is 9. The van der Waals surface area contributed by atoms with E-state index in [1.165, 1.54) is 12.8 Å². The molecule has 3 N–H and O–H groups in total. The van der Waals surface area contributed by atoms with Crippen molar-refractivity contribution >= 4 is 12.1 Å². The number of aliphatic imine (C=N–C) groups is 1. The maximum atomic E-state index is 11.6. The number of hydrogen-bond donors (Lipinski definition) is 3. The van der Waals surface area contributed by atoms with Crippen LogP contribution in [-0.4, -0.2) is 44.8 Å². The Kier molecular flexibility index (Phi) is 8.70. The number of nitrogens with one attached hydrogen (secondary N) is 3. The van der Waals surface area contributed by atoms with Crippen LogP contribution in [0.4, 0.5) is 4.79 Å². The molecular weight excluding hydrogens is 280 g/mol. The van der Waals surface area contributed by atoms with Gasteiger partial charge in [-0.05, 0) is 31.6 Å². The van der Waals surface area contributed by atoms with Crippen molar-refractivity contribution in [2.24, 2.45) is 16.8 Å². The lowest BCUT2D eigenvalue weighted by Gasteiger charge is -2.21. The second-order valence-electron chi connectivity index (χ2n) is 5.83. The van der Waals surface area contributed by atoms with Crippen LogP contribution >= 0.6 is 0 Å². The van der Waals surface area contributed by atoms with Gasteiger partial charge in [0.1, 0.15) is 0 Å². The van der Waals surface area contributed by atoms with Gasteiger partial charge in [-0.2, -0.15) is 0 Å². The van der Waals surface area contributed by atoms with Crippen molar-refractivity contribution in [2.75, 3.05) is 26.7 Å². The van der Waals surface area contributed by atoms with Crippen molar-refractivity contribution < 1.29 is 9.53 Å². The lowest BCUT2D eigenvalue weighted by molar-refractivity contribution is 0.146. The van der Waals surface area contributed by atoms with E-state index in [0.29, 0.717) is 25.0 Å². The summed E-state index contributed by atoms with van der Waals surface area (Å²) in [6.07, 6.45) is 4.32. The molecule has 1 aliphatic rings. The van der Waals surface area contributed by atoms with Gasteiger partial charge in [-0.1, -0.05) is 26.7 Å². The summed E-state index contributed by atoms with van der Waals surface area (Å²) in [5, 5.41) is 9.61. The highest BCUT2D eigenvalue weighted by Crippen LogP contribution is 2.32. The Morgan fingerprint density at radius 1 is 1.18 bits per heavy atom. The first kappa shape index (κ1) is 18.6. The number of ether oxygens (including phenoxy) is 1. The standard InChI is InChI=1S/C16H32N4O2/c1-5-12(6-2)10-18-15(17-4)19-11-14(13-8-9-13)20-16(21)22-7-3/h12-14H,5-11H2,1-4H3,(H,20,21)(H2,17,18,19). The van der Waals surface area contributed by atoms with E-state index < -0.39 is 0 Å². The molecule has 0 aromatic carbocycles. The molecular formula is C16H32N4O2.